The van der Waals surface area contributed by atoms with E-state index < -0.39 is 30.3 Å². The molecule has 27 heavy (non-hydrogen) atoms. The molecule has 0 saturated carbocycles. The first kappa shape index (κ1) is 26.0. The highest BCUT2D eigenvalue weighted by Gasteiger charge is 2.32. The predicted molar refractivity (Wildman–Crippen MR) is 105 cm³/mol. The SMILES string of the molecule is CCCCCC[C@@H](O)CCCCCC/C=C/[C@H](O)[C@@H](O)[C@@H](O)[C@@H](N)C(=O)O. The molecule has 0 radical (unpaired) electrons. The second-order valence-corrected chi connectivity index (χ2v) is 7.26. The van der Waals surface area contributed by atoms with Gasteiger partial charge in [-0.15, -0.1) is 0 Å². The van der Waals surface area contributed by atoms with Crippen LogP contribution in [-0.2, 0) is 4.79 Å². The van der Waals surface area contributed by atoms with Crippen molar-refractivity contribution in [2.24, 2.45) is 5.73 Å². The van der Waals surface area contributed by atoms with Crippen LogP contribution in [0.2, 0.25) is 0 Å². The first-order chi connectivity index (χ1) is 12.8. The van der Waals surface area contributed by atoms with E-state index in [1.54, 1.807) is 6.08 Å². The monoisotopic (exact) mass is 389 g/mol. The third kappa shape index (κ3) is 12.9. The minimum Gasteiger partial charge on any atom is -0.480 e. The fourth-order valence-electron chi connectivity index (χ4n) is 2.86. The van der Waals surface area contributed by atoms with E-state index in [0.717, 1.165) is 44.9 Å². The molecule has 160 valence electrons. The molecule has 5 atom stereocenters. The number of carbonyl (C=O) groups is 1. The average molecular weight is 390 g/mol. The summed E-state index contributed by atoms with van der Waals surface area (Å²) in [7, 11) is 0. The van der Waals surface area contributed by atoms with Crippen molar-refractivity contribution in [2.75, 3.05) is 0 Å². The molecule has 0 amide bonds. The Morgan fingerprint density at radius 2 is 1.44 bits per heavy atom. The van der Waals surface area contributed by atoms with Crippen molar-refractivity contribution in [1.29, 1.82) is 0 Å². The van der Waals surface area contributed by atoms with Crippen molar-refractivity contribution < 1.29 is 30.3 Å². The molecule has 0 aliphatic carbocycles. The van der Waals surface area contributed by atoms with Crippen LogP contribution in [0, 0.1) is 0 Å². The lowest BCUT2D eigenvalue weighted by molar-refractivity contribution is -0.145. The summed E-state index contributed by atoms with van der Waals surface area (Å²) >= 11 is 0. The molecule has 0 aromatic carbocycles. The maximum Gasteiger partial charge on any atom is 0.323 e. The quantitative estimate of drug-likeness (QED) is 0.164. The Morgan fingerprint density at radius 3 is 2.00 bits per heavy atom. The van der Waals surface area contributed by atoms with Gasteiger partial charge in [-0.25, -0.2) is 0 Å². The van der Waals surface area contributed by atoms with E-state index in [0.29, 0.717) is 6.42 Å². The number of unbranched alkanes of at least 4 members (excludes halogenated alkanes) is 7. The Hall–Kier alpha value is -0.990. The third-order valence-electron chi connectivity index (χ3n) is 4.74. The summed E-state index contributed by atoms with van der Waals surface area (Å²) < 4.78 is 0. The zero-order valence-electron chi connectivity index (χ0n) is 16.5. The molecule has 7 N–H and O–H groups in total. The van der Waals surface area contributed by atoms with E-state index in [-0.39, 0.29) is 6.10 Å². The summed E-state index contributed by atoms with van der Waals surface area (Å²) in [5.74, 6) is -1.44. The fourth-order valence-corrected chi connectivity index (χ4v) is 2.86. The maximum atomic E-state index is 10.7. The molecule has 0 aromatic rings. The summed E-state index contributed by atoms with van der Waals surface area (Å²) in [5, 5.41) is 47.6. The third-order valence-corrected chi connectivity index (χ3v) is 4.74. The highest BCUT2D eigenvalue weighted by Crippen LogP contribution is 2.13. The minimum atomic E-state index is -1.74. The van der Waals surface area contributed by atoms with Gasteiger partial charge in [0, 0.05) is 0 Å². The standard InChI is InChI=1S/C20H39NO6/c1-2-3-4-9-12-15(22)13-10-7-5-6-8-11-14-16(23)18(24)19(25)17(21)20(26)27/h11,14-19,22-25H,2-10,12-13,21H2,1H3,(H,26,27)/b14-11+/t15-,16+,17-,18-,19+/m1/s1. The van der Waals surface area contributed by atoms with Crippen LogP contribution in [0.25, 0.3) is 0 Å². The number of rotatable bonds is 17. The van der Waals surface area contributed by atoms with E-state index in [1.165, 1.54) is 25.3 Å². The largest absolute Gasteiger partial charge is 0.480 e. The van der Waals surface area contributed by atoms with Crippen LogP contribution in [-0.4, -0.2) is 62.0 Å². The van der Waals surface area contributed by atoms with Crippen LogP contribution >= 0.6 is 0 Å². The number of carboxylic acids is 1. The summed E-state index contributed by atoms with van der Waals surface area (Å²) in [6.07, 6.45) is 9.25. The molecular formula is C20H39NO6. The van der Waals surface area contributed by atoms with Gasteiger partial charge in [-0.05, 0) is 25.7 Å². The lowest BCUT2D eigenvalue weighted by Gasteiger charge is -2.23. The fraction of sp³-hybridized carbons (Fsp3) is 0.850. The Morgan fingerprint density at radius 1 is 0.889 bits per heavy atom. The Bertz CT molecular complexity index is 404. The van der Waals surface area contributed by atoms with E-state index in [1.807, 2.05) is 0 Å². The van der Waals surface area contributed by atoms with Gasteiger partial charge in [-0.2, -0.15) is 0 Å². The van der Waals surface area contributed by atoms with Crippen molar-refractivity contribution >= 4 is 5.97 Å². The number of hydrogen-bond donors (Lipinski definition) is 6. The van der Waals surface area contributed by atoms with E-state index in [4.69, 9.17) is 10.8 Å². The number of nitrogens with two attached hydrogens (primary N) is 1. The molecule has 0 aliphatic rings. The van der Waals surface area contributed by atoms with E-state index in [9.17, 15) is 25.2 Å². The van der Waals surface area contributed by atoms with Gasteiger partial charge < -0.3 is 31.3 Å². The van der Waals surface area contributed by atoms with Crippen LogP contribution < -0.4 is 5.73 Å². The molecule has 0 bridgehead atoms. The lowest BCUT2D eigenvalue weighted by Crippen LogP contribution is -2.51. The number of aliphatic hydroxyl groups excluding tert-OH is 4. The normalized spacial score (nSPS) is 17.6. The van der Waals surface area contributed by atoms with Gasteiger partial charge in [0.1, 0.15) is 24.4 Å². The molecule has 0 spiro atoms. The summed E-state index contributed by atoms with van der Waals surface area (Å²) in [6, 6.07) is -1.65. The van der Waals surface area contributed by atoms with Gasteiger partial charge >= 0.3 is 5.97 Å². The number of aliphatic hydroxyl groups is 4. The molecule has 0 aliphatic heterocycles. The second-order valence-electron chi connectivity index (χ2n) is 7.26. The van der Waals surface area contributed by atoms with Crippen LogP contribution in [0.4, 0.5) is 0 Å². The molecule has 0 aromatic heterocycles. The predicted octanol–water partition coefficient (Wildman–Crippen LogP) is 1.71. The number of hydrogen-bond acceptors (Lipinski definition) is 6. The highest BCUT2D eigenvalue weighted by molar-refractivity contribution is 5.74. The van der Waals surface area contributed by atoms with Crippen LogP contribution in [0.3, 0.4) is 0 Å². The summed E-state index contributed by atoms with van der Waals surface area (Å²) in [5.41, 5.74) is 5.22. The number of allylic oxidation sites excluding steroid dienone is 1. The molecular weight excluding hydrogens is 350 g/mol. The Kier molecular flexibility index (Phi) is 15.4. The topological polar surface area (TPSA) is 144 Å². The van der Waals surface area contributed by atoms with Gasteiger partial charge in [-0.3, -0.25) is 4.79 Å². The van der Waals surface area contributed by atoms with Crippen molar-refractivity contribution in [3.8, 4) is 0 Å². The maximum absolute atomic E-state index is 10.7. The summed E-state index contributed by atoms with van der Waals surface area (Å²) in [6.45, 7) is 2.17. The van der Waals surface area contributed by atoms with Gasteiger partial charge in [0.25, 0.3) is 0 Å². The van der Waals surface area contributed by atoms with Crippen molar-refractivity contribution in [3.63, 3.8) is 0 Å². The zero-order chi connectivity index (χ0) is 20.7. The first-order valence-corrected chi connectivity index (χ1v) is 10.2. The molecule has 7 nitrogen and oxygen atoms in total. The van der Waals surface area contributed by atoms with Crippen LogP contribution in [0.5, 0.6) is 0 Å². The summed E-state index contributed by atoms with van der Waals surface area (Å²) in [4.78, 5) is 10.7. The van der Waals surface area contributed by atoms with E-state index in [2.05, 4.69) is 6.92 Å². The Labute approximate surface area is 162 Å². The average Bonchev–Trinajstić information content (AvgIpc) is 2.65. The smallest absolute Gasteiger partial charge is 0.323 e. The first-order valence-electron chi connectivity index (χ1n) is 10.2. The van der Waals surface area contributed by atoms with Gasteiger partial charge in [0.2, 0.25) is 0 Å². The minimum absolute atomic E-state index is 0.193. The Balaban J connectivity index is 3.75. The molecule has 0 saturated heterocycles. The number of carboxylic acid groups (broad SMARTS) is 1. The van der Waals surface area contributed by atoms with Crippen LogP contribution in [0.1, 0.15) is 77.6 Å². The highest BCUT2D eigenvalue weighted by atomic mass is 16.4. The van der Waals surface area contributed by atoms with Crippen molar-refractivity contribution in [2.45, 2.75) is 108 Å². The van der Waals surface area contributed by atoms with Gasteiger partial charge in [0.15, 0.2) is 0 Å². The molecule has 0 fully saturated rings. The number of aliphatic carboxylic acids is 1. The molecule has 0 rings (SSSR count). The van der Waals surface area contributed by atoms with Gasteiger partial charge in [-0.1, -0.05) is 64.0 Å². The van der Waals surface area contributed by atoms with Gasteiger partial charge in [0.05, 0.1) is 6.10 Å². The van der Waals surface area contributed by atoms with E-state index >= 15 is 0 Å². The van der Waals surface area contributed by atoms with Crippen molar-refractivity contribution in [1.82, 2.24) is 0 Å². The zero-order valence-corrected chi connectivity index (χ0v) is 16.5. The van der Waals surface area contributed by atoms with Crippen LogP contribution in [0.15, 0.2) is 12.2 Å². The lowest BCUT2D eigenvalue weighted by atomic mass is 10.0. The molecule has 0 heterocycles. The second kappa shape index (κ2) is 16.0. The van der Waals surface area contributed by atoms with Crippen molar-refractivity contribution in [3.05, 3.63) is 12.2 Å². The molecule has 0 unspecified atom stereocenters. The molecule has 7 heteroatoms.